The molecule has 0 saturated carbocycles. The minimum atomic E-state index is -0.257. The van der Waals surface area contributed by atoms with Crippen LogP contribution < -0.4 is 11.6 Å². The van der Waals surface area contributed by atoms with Crippen molar-refractivity contribution in [3.05, 3.63) is 77.1 Å². The van der Waals surface area contributed by atoms with Gasteiger partial charge in [0.15, 0.2) is 0 Å². The topological polar surface area (TPSA) is 64.4 Å². The van der Waals surface area contributed by atoms with E-state index < -0.39 is 0 Å². The third-order valence-electron chi connectivity index (χ3n) is 3.46. The molecule has 0 aromatic heterocycles. The molecule has 0 atom stereocenters. The Bertz CT molecular complexity index is 772. The van der Waals surface area contributed by atoms with Crippen LogP contribution in [0.25, 0.3) is 17.2 Å². The molecule has 118 valence electrons. The van der Waals surface area contributed by atoms with Crippen molar-refractivity contribution in [2.45, 2.75) is 13.8 Å². The van der Waals surface area contributed by atoms with E-state index in [-0.39, 0.29) is 11.7 Å². The monoisotopic (exact) mass is 309 g/mol. The van der Waals surface area contributed by atoms with Gasteiger partial charge in [-0.3, -0.25) is 0 Å². The molecule has 23 heavy (non-hydrogen) atoms. The highest BCUT2D eigenvalue weighted by Gasteiger charge is 2.07. The minimum Gasteiger partial charge on any atom is -0.382 e. The first-order valence-electron chi connectivity index (χ1n) is 7.30. The molecule has 0 radical (unpaired) electrons. The maximum absolute atomic E-state index is 13.2. The maximum atomic E-state index is 13.2. The van der Waals surface area contributed by atoms with Crippen LogP contribution in [-0.4, -0.2) is 5.84 Å². The zero-order chi connectivity index (χ0) is 16.8. The first kappa shape index (κ1) is 16.5. The Morgan fingerprint density at radius 2 is 1.83 bits per heavy atom. The summed E-state index contributed by atoms with van der Waals surface area (Å²) in [7, 11) is 0. The fourth-order valence-corrected chi connectivity index (χ4v) is 2.30. The summed E-state index contributed by atoms with van der Waals surface area (Å²) in [6, 6.07) is 12.5. The van der Waals surface area contributed by atoms with Gasteiger partial charge in [-0.05, 0) is 48.7 Å². The van der Waals surface area contributed by atoms with Gasteiger partial charge >= 0.3 is 0 Å². The predicted octanol–water partition coefficient (Wildman–Crippen LogP) is 3.99. The van der Waals surface area contributed by atoms with E-state index in [4.69, 9.17) is 11.6 Å². The number of hydrazone groups is 1. The molecule has 2 aromatic rings. The normalized spacial score (nSPS) is 12.8. The molecule has 2 rings (SSSR count). The SMILES string of the molecule is C/C=C/C(=C/c1ccc(C)cc1-c1ccc(F)cc1)C(/N)=N/N. The van der Waals surface area contributed by atoms with Crippen LogP contribution in [0.3, 0.4) is 0 Å². The van der Waals surface area contributed by atoms with E-state index in [1.54, 1.807) is 12.1 Å². The van der Waals surface area contributed by atoms with Crippen molar-refractivity contribution >= 4 is 11.9 Å². The molecular formula is C19H20FN3. The predicted molar refractivity (Wildman–Crippen MR) is 95.2 cm³/mol. The number of amidine groups is 1. The average Bonchev–Trinajstić information content (AvgIpc) is 2.56. The van der Waals surface area contributed by atoms with Crippen LogP contribution >= 0.6 is 0 Å². The third kappa shape index (κ3) is 4.07. The summed E-state index contributed by atoms with van der Waals surface area (Å²) >= 11 is 0. The van der Waals surface area contributed by atoms with Crippen LogP contribution in [-0.2, 0) is 0 Å². The molecule has 4 N–H and O–H groups in total. The Balaban J connectivity index is 2.61. The van der Waals surface area contributed by atoms with Crippen LogP contribution in [0.2, 0.25) is 0 Å². The molecule has 2 aromatic carbocycles. The molecule has 0 unspecified atom stereocenters. The Morgan fingerprint density at radius 3 is 2.43 bits per heavy atom. The molecule has 0 fully saturated rings. The van der Waals surface area contributed by atoms with E-state index in [1.165, 1.54) is 12.1 Å². The van der Waals surface area contributed by atoms with Crippen LogP contribution in [0.15, 0.2) is 65.3 Å². The van der Waals surface area contributed by atoms with Crippen molar-refractivity contribution in [1.29, 1.82) is 0 Å². The van der Waals surface area contributed by atoms with Gasteiger partial charge in [-0.1, -0.05) is 48.0 Å². The van der Waals surface area contributed by atoms with Gasteiger partial charge < -0.3 is 11.6 Å². The third-order valence-corrected chi connectivity index (χ3v) is 3.46. The number of allylic oxidation sites excluding steroid dienone is 1. The van der Waals surface area contributed by atoms with Crippen molar-refractivity contribution in [3.63, 3.8) is 0 Å². The molecule has 0 bridgehead atoms. The van der Waals surface area contributed by atoms with Gasteiger partial charge in [0.1, 0.15) is 11.7 Å². The standard InChI is InChI=1S/C19H20FN3/c1-3-4-16(19(21)23-22)12-15-6-5-13(2)11-18(15)14-7-9-17(20)10-8-14/h3-12H,22H2,1-2H3,(H2,21,23)/b4-3+,16-12-. The lowest BCUT2D eigenvalue weighted by Gasteiger charge is -2.10. The lowest BCUT2D eigenvalue weighted by molar-refractivity contribution is 0.628. The second kappa shape index (κ2) is 7.40. The van der Waals surface area contributed by atoms with Gasteiger partial charge in [0, 0.05) is 5.57 Å². The van der Waals surface area contributed by atoms with Crippen LogP contribution in [0, 0.1) is 12.7 Å². The number of hydrogen-bond acceptors (Lipinski definition) is 2. The van der Waals surface area contributed by atoms with E-state index in [9.17, 15) is 4.39 Å². The lowest BCUT2D eigenvalue weighted by Crippen LogP contribution is -2.15. The van der Waals surface area contributed by atoms with Crippen LogP contribution in [0.4, 0.5) is 4.39 Å². The first-order valence-corrected chi connectivity index (χ1v) is 7.30. The molecule has 0 amide bonds. The van der Waals surface area contributed by atoms with E-state index >= 15 is 0 Å². The lowest BCUT2D eigenvalue weighted by atomic mass is 9.96. The fraction of sp³-hybridized carbons (Fsp3) is 0.105. The summed E-state index contributed by atoms with van der Waals surface area (Å²) < 4.78 is 13.2. The summed E-state index contributed by atoms with van der Waals surface area (Å²) in [5.74, 6) is 5.29. The molecular weight excluding hydrogens is 289 g/mol. The zero-order valence-corrected chi connectivity index (χ0v) is 13.3. The highest BCUT2D eigenvalue weighted by molar-refractivity contribution is 6.04. The summed E-state index contributed by atoms with van der Waals surface area (Å²) in [6.07, 6.45) is 5.64. The van der Waals surface area contributed by atoms with Crippen molar-refractivity contribution in [2.75, 3.05) is 0 Å². The molecule has 0 spiro atoms. The van der Waals surface area contributed by atoms with Gasteiger partial charge in [0.25, 0.3) is 0 Å². The number of nitrogens with two attached hydrogens (primary N) is 2. The Hall–Kier alpha value is -2.88. The van der Waals surface area contributed by atoms with Crippen molar-refractivity contribution in [1.82, 2.24) is 0 Å². The van der Waals surface area contributed by atoms with Gasteiger partial charge in [-0.2, -0.15) is 5.10 Å². The van der Waals surface area contributed by atoms with E-state index in [0.717, 1.165) is 27.8 Å². The second-order valence-corrected chi connectivity index (χ2v) is 5.21. The quantitative estimate of drug-likeness (QED) is 0.295. The fourth-order valence-electron chi connectivity index (χ4n) is 2.30. The smallest absolute Gasteiger partial charge is 0.150 e. The first-order chi connectivity index (χ1) is 11.0. The highest BCUT2D eigenvalue weighted by Crippen LogP contribution is 2.27. The Morgan fingerprint density at radius 1 is 1.13 bits per heavy atom. The van der Waals surface area contributed by atoms with Crippen molar-refractivity contribution in [3.8, 4) is 11.1 Å². The number of nitrogens with zero attached hydrogens (tertiary/aromatic N) is 1. The van der Waals surface area contributed by atoms with Crippen LogP contribution in [0.1, 0.15) is 18.1 Å². The highest BCUT2D eigenvalue weighted by atomic mass is 19.1. The Kier molecular flexibility index (Phi) is 5.31. The van der Waals surface area contributed by atoms with Crippen LogP contribution in [0.5, 0.6) is 0 Å². The molecule has 0 heterocycles. The van der Waals surface area contributed by atoms with Crippen molar-refractivity contribution in [2.24, 2.45) is 16.7 Å². The molecule has 0 aliphatic carbocycles. The number of rotatable bonds is 4. The number of aryl methyl sites for hydroxylation is 1. The average molecular weight is 309 g/mol. The molecule has 0 saturated heterocycles. The Labute approximate surface area is 135 Å². The summed E-state index contributed by atoms with van der Waals surface area (Å²) in [5.41, 5.74) is 10.6. The van der Waals surface area contributed by atoms with Gasteiger partial charge in [-0.25, -0.2) is 4.39 Å². The van der Waals surface area contributed by atoms with Gasteiger partial charge in [0.2, 0.25) is 0 Å². The number of benzene rings is 2. The van der Waals surface area contributed by atoms with Gasteiger partial charge in [-0.15, -0.1) is 0 Å². The summed E-state index contributed by atoms with van der Waals surface area (Å²) in [4.78, 5) is 0. The summed E-state index contributed by atoms with van der Waals surface area (Å²) in [6.45, 7) is 3.91. The maximum Gasteiger partial charge on any atom is 0.150 e. The number of halogens is 1. The van der Waals surface area contributed by atoms with E-state index in [0.29, 0.717) is 0 Å². The van der Waals surface area contributed by atoms with E-state index in [1.807, 2.05) is 44.2 Å². The minimum absolute atomic E-state index is 0.257. The van der Waals surface area contributed by atoms with Gasteiger partial charge in [0.05, 0.1) is 0 Å². The largest absolute Gasteiger partial charge is 0.382 e. The summed E-state index contributed by atoms with van der Waals surface area (Å²) in [5, 5.41) is 3.56. The zero-order valence-electron chi connectivity index (χ0n) is 13.3. The van der Waals surface area contributed by atoms with E-state index in [2.05, 4.69) is 11.2 Å². The van der Waals surface area contributed by atoms with Crippen molar-refractivity contribution < 1.29 is 4.39 Å². The number of hydrogen-bond donors (Lipinski definition) is 2. The second-order valence-electron chi connectivity index (χ2n) is 5.21. The molecule has 0 aliphatic heterocycles. The molecule has 0 aliphatic rings. The molecule has 4 heteroatoms. The molecule has 3 nitrogen and oxygen atoms in total.